The van der Waals surface area contributed by atoms with Crippen LogP contribution in [0.15, 0.2) is 72.1 Å². The molecule has 1 N–H and O–H groups in total. The quantitative estimate of drug-likeness (QED) is 0.510. The van der Waals surface area contributed by atoms with Crippen molar-refractivity contribution >= 4 is 21.9 Å². The fourth-order valence-electron chi connectivity index (χ4n) is 3.33. The Morgan fingerprint density at radius 1 is 1.13 bits per heavy atom. The molecule has 0 aliphatic rings. The zero-order valence-electron chi connectivity index (χ0n) is 15.8. The van der Waals surface area contributed by atoms with E-state index in [1.54, 1.807) is 53.7 Å². The molecule has 30 heavy (non-hydrogen) atoms. The van der Waals surface area contributed by atoms with Gasteiger partial charge in [-0.1, -0.05) is 18.2 Å². The predicted octanol–water partition coefficient (Wildman–Crippen LogP) is 4.41. The Labute approximate surface area is 173 Å². The molecule has 9 heteroatoms. The molecule has 4 aromatic rings. The van der Waals surface area contributed by atoms with Crippen LogP contribution in [0.4, 0.5) is 13.2 Å². The first-order valence-electron chi connectivity index (χ1n) is 9.03. The van der Waals surface area contributed by atoms with Crippen LogP contribution in [0.5, 0.6) is 0 Å². The van der Waals surface area contributed by atoms with Crippen LogP contribution in [0.3, 0.4) is 0 Å². The van der Waals surface area contributed by atoms with Crippen LogP contribution in [0.1, 0.15) is 11.3 Å². The average Bonchev–Trinajstić information content (AvgIpc) is 3.11. The molecule has 5 nitrogen and oxygen atoms in total. The topological polar surface area (TPSA) is 59.8 Å². The molecule has 4 rings (SSSR count). The zero-order valence-corrected chi connectivity index (χ0v) is 16.7. The van der Waals surface area contributed by atoms with Gasteiger partial charge in [-0.25, -0.2) is 4.21 Å². The Kier molecular flexibility index (Phi) is 5.40. The lowest BCUT2D eigenvalue weighted by atomic mass is 10.0. The summed E-state index contributed by atoms with van der Waals surface area (Å²) in [7, 11) is 0.190. The molecule has 0 aliphatic carbocycles. The van der Waals surface area contributed by atoms with Crippen LogP contribution >= 0.6 is 0 Å². The van der Waals surface area contributed by atoms with Gasteiger partial charge in [0.15, 0.2) is 16.7 Å². The molecule has 0 amide bonds. The maximum Gasteiger partial charge on any atom is 0.433 e. The van der Waals surface area contributed by atoms with E-state index in [9.17, 15) is 17.4 Å². The van der Waals surface area contributed by atoms with E-state index in [2.05, 4.69) is 15.3 Å². The lowest BCUT2D eigenvalue weighted by Gasteiger charge is -2.12. The minimum absolute atomic E-state index is 0.0259. The van der Waals surface area contributed by atoms with Crippen LogP contribution in [0.2, 0.25) is 0 Å². The molecule has 3 aromatic heterocycles. The van der Waals surface area contributed by atoms with Gasteiger partial charge in [0, 0.05) is 42.3 Å². The molecule has 3 heterocycles. The summed E-state index contributed by atoms with van der Waals surface area (Å²) in [5.41, 5.74) is 0.824. The molecule has 0 saturated heterocycles. The second-order valence-electron chi connectivity index (χ2n) is 6.58. The first-order chi connectivity index (χ1) is 14.4. The molecule has 0 aliphatic heterocycles. The van der Waals surface area contributed by atoms with Crippen molar-refractivity contribution < 1.29 is 17.4 Å². The summed E-state index contributed by atoms with van der Waals surface area (Å²) in [5, 5.41) is 3.87. The number of halogens is 3. The Bertz CT molecular complexity index is 1220. The first-order valence-corrected chi connectivity index (χ1v) is 10.1. The Morgan fingerprint density at radius 2 is 1.93 bits per heavy atom. The summed E-state index contributed by atoms with van der Waals surface area (Å²) in [4.78, 5) is 8.04. The highest BCUT2D eigenvalue weighted by Crippen LogP contribution is 2.37. The maximum absolute atomic E-state index is 13.4. The summed E-state index contributed by atoms with van der Waals surface area (Å²) in [6, 6.07) is 11.2. The van der Waals surface area contributed by atoms with Crippen molar-refractivity contribution in [3.8, 4) is 11.1 Å². The largest absolute Gasteiger partial charge is 0.433 e. The van der Waals surface area contributed by atoms with Crippen LogP contribution < -0.4 is 5.32 Å². The fraction of sp³-hybridized carbons (Fsp3) is 0.143. The molecule has 0 spiro atoms. The van der Waals surface area contributed by atoms with Gasteiger partial charge in [-0.3, -0.25) is 13.9 Å². The highest BCUT2D eigenvalue weighted by Gasteiger charge is 2.35. The number of nitrogens with zero attached hydrogens (tertiary/aromatic N) is 3. The van der Waals surface area contributed by atoms with E-state index in [1.165, 1.54) is 18.3 Å². The van der Waals surface area contributed by atoms with Gasteiger partial charge in [0.05, 0.1) is 10.4 Å². The number of fused-ring (bicyclic) bond motifs is 1. The number of hydrogen-bond acceptors (Lipinski definition) is 4. The van der Waals surface area contributed by atoms with E-state index in [0.29, 0.717) is 22.5 Å². The molecule has 0 bridgehead atoms. The van der Waals surface area contributed by atoms with Crippen molar-refractivity contribution in [3.63, 3.8) is 0 Å². The predicted molar refractivity (Wildman–Crippen MR) is 109 cm³/mol. The van der Waals surface area contributed by atoms with Crippen LogP contribution in [-0.4, -0.2) is 25.2 Å². The van der Waals surface area contributed by atoms with E-state index in [-0.39, 0.29) is 5.56 Å². The lowest BCUT2D eigenvalue weighted by Crippen LogP contribution is -2.09. The van der Waals surface area contributed by atoms with E-state index in [1.807, 2.05) is 0 Å². The minimum Gasteiger partial charge on any atom is -0.316 e. The molecule has 1 unspecified atom stereocenters. The molecule has 1 aromatic carbocycles. The smallest absolute Gasteiger partial charge is 0.316 e. The normalized spacial score (nSPS) is 12.9. The first kappa shape index (κ1) is 20.2. The summed E-state index contributed by atoms with van der Waals surface area (Å²) >= 11 is 0. The second-order valence-corrected chi connectivity index (χ2v) is 7.94. The van der Waals surface area contributed by atoms with Gasteiger partial charge in [0.1, 0.15) is 0 Å². The highest BCUT2D eigenvalue weighted by molar-refractivity contribution is 7.83. The van der Waals surface area contributed by atoms with Gasteiger partial charge < -0.3 is 5.32 Å². The van der Waals surface area contributed by atoms with E-state index >= 15 is 0 Å². The SMILES string of the molecule is CNCc1cn(S(=O)c2cccnc2)c2cc(-c3cccnc3C(F)(F)F)ccc12. The zero-order chi connectivity index (χ0) is 21.3. The third kappa shape index (κ3) is 3.73. The maximum atomic E-state index is 13.4. The van der Waals surface area contributed by atoms with Crippen molar-refractivity contribution in [1.29, 1.82) is 0 Å². The van der Waals surface area contributed by atoms with Crippen molar-refractivity contribution in [2.75, 3.05) is 7.05 Å². The van der Waals surface area contributed by atoms with Gasteiger partial charge in [-0.05, 0) is 42.4 Å². The number of alkyl halides is 3. The number of nitrogens with one attached hydrogen (secondary N) is 1. The average molecular weight is 430 g/mol. The second kappa shape index (κ2) is 8.00. The molecule has 0 fully saturated rings. The van der Waals surface area contributed by atoms with E-state index < -0.39 is 22.9 Å². The van der Waals surface area contributed by atoms with Gasteiger partial charge in [0.25, 0.3) is 0 Å². The minimum atomic E-state index is -4.58. The number of aromatic nitrogens is 3. The van der Waals surface area contributed by atoms with Gasteiger partial charge in [-0.2, -0.15) is 13.2 Å². The third-order valence-electron chi connectivity index (χ3n) is 4.62. The van der Waals surface area contributed by atoms with Crippen molar-refractivity contribution in [1.82, 2.24) is 19.3 Å². The number of hydrogen-bond donors (Lipinski definition) is 1. The number of rotatable bonds is 5. The van der Waals surface area contributed by atoms with Gasteiger partial charge >= 0.3 is 6.18 Å². The van der Waals surface area contributed by atoms with Crippen LogP contribution in [0.25, 0.3) is 22.0 Å². The van der Waals surface area contributed by atoms with Crippen molar-refractivity contribution in [2.45, 2.75) is 17.6 Å². The molecule has 0 radical (unpaired) electrons. The Morgan fingerprint density at radius 3 is 2.63 bits per heavy atom. The molecule has 154 valence electrons. The molecular formula is C21H17F3N4OS. The Hall–Kier alpha value is -3.04. The number of benzene rings is 1. The lowest BCUT2D eigenvalue weighted by molar-refractivity contribution is -0.140. The summed E-state index contributed by atoms with van der Waals surface area (Å²) in [5.74, 6) is 0. The van der Waals surface area contributed by atoms with Crippen molar-refractivity contribution in [3.05, 3.63) is 78.5 Å². The van der Waals surface area contributed by atoms with E-state index in [0.717, 1.165) is 17.1 Å². The summed E-state index contributed by atoms with van der Waals surface area (Å²) < 4.78 is 55.1. The van der Waals surface area contributed by atoms with Gasteiger partial charge in [-0.15, -0.1) is 0 Å². The molecular weight excluding hydrogens is 413 g/mol. The molecule has 1 atom stereocenters. The molecule has 0 saturated carbocycles. The van der Waals surface area contributed by atoms with Crippen molar-refractivity contribution in [2.24, 2.45) is 0 Å². The number of pyridine rings is 2. The Balaban J connectivity index is 1.92. The van der Waals surface area contributed by atoms with Gasteiger partial charge in [0.2, 0.25) is 0 Å². The third-order valence-corrected chi connectivity index (χ3v) is 5.93. The summed E-state index contributed by atoms with van der Waals surface area (Å²) in [6.07, 6.45) is 1.38. The monoisotopic (exact) mass is 430 g/mol. The standard InChI is InChI=1S/C21H17F3N4OS/c1-25-11-15-13-28(30(29)16-4-2-8-26-12-16)19-10-14(6-7-17(15)19)18-5-3-9-27-20(18)21(22,23)24/h2-10,12-13,25H,11H2,1H3. The van der Waals surface area contributed by atoms with E-state index in [4.69, 9.17) is 0 Å². The highest BCUT2D eigenvalue weighted by atomic mass is 32.2. The fourth-order valence-corrected chi connectivity index (χ4v) is 4.46. The van der Waals surface area contributed by atoms with Crippen LogP contribution in [-0.2, 0) is 23.7 Å². The van der Waals surface area contributed by atoms with Crippen LogP contribution in [0, 0.1) is 0 Å². The summed E-state index contributed by atoms with van der Waals surface area (Å²) in [6.45, 7) is 0.522.